The molecule has 0 atom stereocenters. The van der Waals surface area contributed by atoms with Gasteiger partial charge < -0.3 is 11.1 Å². The van der Waals surface area contributed by atoms with Gasteiger partial charge in [0.25, 0.3) is 5.91 Å². The molecule has 1 aromatic carbocycles. The van der Waals surface area contributed by atoms with Crippen LogP contribution in [0.1, 0.15) is 10.4 Å². The molecule has 3 nitrogen and oxygen atoms in total. The molecular formula is C8H9IN2O. The van der Waals surface area contributed by atoms with Crippen molar-refractivity contribution in [3.63, 3.8) is 0 Å². The van der Waals surface area contributed by atoms with Gasteiger partial charge in [0.2, 0.25) is 0 Å². The number of benzene rings is 1. The van der Waals surface area contributed by atoms with Crippen molar-refractivity contribution in [1.29, 1.82) is 0 Å². The van der Waals surface area contributed by atoms with Crippen LogP contribution in [0.4, 0.5) is 0 Å². The SMILES string of the molecule is NCNC(=O)c1ccc(I)cc1. The molecule has 12 heavy (non-hydrogen) atoms. The van der Waals surface area contributed by atoms with Crippen molar-refractivity contribution in [2.24, 2.45) is 5.73 Å². The second-order valence-electron chi connectivity index (χ2n) is 2.22. The van der Waals surface area contributed by atoms with Gasteiger partial charge in [-0.1, -0.05) is 0 Å². The van der Waals surface area contributed by atoms with E-state index in [0.29, 0.717) is 5.56 Å². The Hall–Kier alpha value is -0.620. The van der Waals surface area contributed by atoms with Gasteiger partial charge in [-0.15, -0.1) is 0 Å². The van der Waals surface area contributed by atoms with Crippen molar-refractivity contribution in [3.05, 3.63) is 33.4 Å². The van der Waals surface area contributed by atoms with E-state index < -0.39 is 0 Å². The summed E-state index contributed by atoms with van der Waals surface area (Å²) in [5.41, 5.74) is 5.80. The fraction of sp³-hybridized carbons (Fsp3) is 0.125. The molecule has 64 valence electrons. The van der Waals surface area contributed by atoms with Gasteiger partial charge in [0.15, 0.2) is 0 Å². The third-order valence-electron chi connectivity index (χ3n) is 1.37. The molecule has 3 N–H and O–H groups in total. The molecule has 0 radical (unpaired) electrons. The Labute approximate surface area is 84.5 Å². The summed E-state index contributed by atoms with van der Waals surface area (Å²) in [7, 11) is 0. The smallest absolute Gasteiger partial charge is 0.252 e. The highest BCUT2D eigenvalue weighted by Gasteiger charge is 2.01. The van der Waals surface area contributed by atoms with E-state index in [-0.39, 0.29) is 12.6 Å². The van der Waals surface area contributed by atoms with Crippen LogP contribution in [-0.2, 0) is 0 Å². The van der Waals surface area contributed by atoms with E-state index in [9.17, 15) is 4.79 Å². The molecule has 0 saturated heterocycles. The maximum atomic E-state index is 11.2. The lowest BCUT2D eigenvalue weighted by Crippen LogP contribution is -2.29. The van der Waals surface area contributed by atoms with Crippen molar-refractivity contribution < 1.29 is 4.79 Å². The van der Waals surface area contributed by atoms with Crippen LogP contribution in [-0.4, -0.2) is 12.6 Å². The second kappa shape index (κ2) is 4.42. The van der Waals surface area contributed by atoms with Crippen LogP contribution in [0.5, 0.6) is 0 Å². The maximum Gasteiger partial charge on any atom is 0.252 e. The van der Waals surface area contributed by atoms with Crippen LogP contribution in [0, 0.1) is 3.57 Å². The van der Waals surface area contributed by atoms with Gasteiger partial charge in [-0.05, 0) is 46.9 Å². The monoisotopic (exact) mass is 276 g/mol. The third kappa shape index (κ3) is 2.46. The molecule has 0 fully saturated rings. The molecule has 0 bridgehead atoms. The second-order valence-corrected chi connectivity index (χ2v) is 3.46. The third-order valence-corrected chi connectivity index (χ3v) is 2.09. The van der Waals surface area contributed by atoms with Gasteiger partial charge in [-0.3, -0.25) is 4.79 Å². The number of amides is 1. The fourth-order valence-corrected chi connectivity index (χ4v) is 1.16. The first-order chi connectivity index (χ1) is 5.74. The van der Waals surface area contributed by atoms with E-state index in [2.05, 4.69) is 27.9 Å². The van der Waals surface area contributed by atoms with Crippen molar-refractivity contribution >= 4 is 28.5 Å². The van der Waals surface area contributed by atoms with E-state index in [1.165, 1.54) is 0 Å². The minimum absolute atomic E-state index is 0.131. The lowest BCUT2D eigenvalue weighted by atomic mass is 10.2. The highest BCUT2D eigenvalue weighted by molar-refractivity contribution is 14.1. The fourth-order valence-electron chi connectivity index (χ4n) is 0.796. The summed E-state index contributed by atoms with van der Waals surface area (Å²) < 4.78 is 1.11. The molecular weight excluding hydrogens is 267 g/mol. The van der Waals surface area contributed by atoms with Crippen molar-refractivity contribution in [2.45, 2.75) is 0 Å². The lowest BCUT2D eigenvalue weighted by Gasteiger charge is -2.00. The predicted molar refractivity (Wildman–Crippen MR) is 55.7 cm³/mol. The van der Waals surface area contributed by atoms with E-state index in [0.717, 1.165) is 3.57 Å². The normalized spacial score (nSPS) is 9.50. The van der Waals surface area contributed by atoms with Crippen molar-refractivity contribution in [1.82, 2.24) is 5.32 Å². The average Bonchev–Trinajstić information content (AvgIpc) is 2.06. The van der Waals surface area contributed by atoms with Crippen LogP contribution in [0.25, 0.3) is 0 Å². The Morgan fingerprint density at radius 3 is 2.50 bits per heavy atom. The number of carbonyl (C=O) groups excluding carboxylic acids is 1. The molecule has 1 amide bonds. The molecule has 0 aliphatic rings. The number of carbonyl (C=O) groups is 1. The van der Waals surface area contributed by atoms with Gasteiger partial charge in [-0.25, -0.2) is 0 Å². The van der Waals surface area contributed by atoms with Crippen molar-refractivity contribution in [2.75, 3.05) is 6.67 Å². The zero-order chi connectivity index (χ0) is 8.97. The molecule has 1 rings (SSSR count). The number of hydrogen-bond acceptors (Lipinski definition) is 2. The summed E-state index contributed by atoms with van der Waals surface area (Å²) in [5, 5.41) is 2.52. The largest absolute Gasteiger partial charge is 0.340 e. The minimum atomic E-state index is -0.131. The number of halogens is 1. The summed E-state index contributed by atoms with van der Waals surface area (Å²) in [4.78, 5) is 11.2. The molecule has 1 aromatic rings. The summed E-state index contributed by atoms with van der Waals surface area (Å²) in [6.45, 7) is 0.171. The van der Waals surface area contributed by atoms with E-state index in [1.807, 2.05) is 12.1 Å². The summed E-state index contributed by atoms with van der Waals surface area (Å²) in [6.07, 6.45) is 0. The zero-order valence-corrected chi connectivity index (χ0v) is 8.54. The Bertz CT molecular complexity index is 271. The first-order valence-electron chi connectivity index (χ1n) is 3.48. The molecule has 0 unspecified atom stereocenters. The Morgan fingerprint density at radius 1 is 1.42 bits per heavy atom. The molecule has 0 saturated carbocycles. The average molecular weight is 276 g/mol. The standard InChI is InChI=1S/C8H9IN2O/c9-7-3-1-6(2-4-7)8(12)11-5-10/h1-4H,5,10H2,(H,11,12). The lowest BCUT2D eigenvalue weighted by molar-refractivity contribution is 0.0955. The summed E-state index contributed by atoms with van der Waals surface area (Å²) in [5.74, 6) is -0.131. The van der Waals surface area contributed by atoms with Gasteiger partial charge in [0, 0.05) is 9.13 Å². The van der Waals surface area contributed by atoms with E-state index in [1.54, 1.807) is 12.1 Å². The topological polar surface area (TPSA) is 55.1 Å². The molecule has 0 spiro atoms. The maximum absolute atomic E-state index is 11.2. The number of hydrogen-bond donors (Lipinski definition) is 2. The quantitative estimate of drug-likeness (QED) is 0.624. The van der Waals surface area contributed by atoms with Crippen LogP contribution in [0.3, 0.4) is 0 Å². The number of nitrogens with one attached hydrogen (secondary N) is 1. The highest BCUT2D eigenvalue weighted by Crippen LogP contribution is 2.06. The molecule has 0 aromatic heterocycles. The van der Waals surface area contributed by atoms with E-state index >= 15 is 0 Å². The van der Waals surface area contributed by atoms with Gasteiger partial charge >= 0.3 is 0 Å². The first-order valence-corrected chi connectivity index (χ1v) is 4.56. The minimum Gasteiger partial charge on any atom is -0.340 e. The summed E-state index contributed by atoms with van der Waals surface area (Å²) in [6, 6.07) is 7.30. The molecule has 0 heterocycles. The summed E-state index contributed by atoms with van der Waals surface area (Å²) >= 11 is 2.18. The van der Waals surface area contributed by atoms with Crippen LogP contribution in [0.2, 0.25) is 0 Å². The van der Waals surface area contributed by atoms with Crippen molar-refractivity contribution in [3.8, 4) is 0 Å². The molecule has 0 aliphatic carbocycles. The van der Waals surface area contributed by atoms with Gasteiger partial charge in [0.1, 0.15) is 0 Å². The predicted octanol–water partition coefficient (Wildman–Crippen LogP) is 0.937. The molecule has 0 aliphatic heterocycles. The first kappa shape index (κ1) is 9.47. The number of nitrogens with two attached hydrogens (primary N) is 1. The van der Waals surface area contributed by atoms with Gasteiger partial charge in [-0.2, -0.15) is 0 Å². The molecule has 4 heteroatoms. The van der Waals surface area contributed by atoms with Gasteiger partial charge in [0.05, 0.1) is 6.67 Å². The number of rotatable bonds is 2. The van der Waals surface area contributed by atoms with E-state index in [4.69, 9.17) is 5.73 Å². The van der Waals surface area contributed by atoms with Crippen LogP contribution in [0.15, 0.2) is 24.3 Å². The zero-order valence-electron chi connectivity index (χ0n) is 6.38. The highest BCUT2D eigenvalue weighted by atomic mass is 127. The Morgan fingerprint density at radius 2 is 2.00 bits per heavy atom. The van der Waals surface area contributed by atoms with Crippen LogP contribution >= 0.6 is 22.6 Å². The van der Waals surface area contributed by atoms with Crippen LogP contribution < -0.4 is 11.1 Å². The Kier molecular flexibility index (Phi) is 3.48. The Balaban J connectivity index is 2.75.